The molecule has 0 aliphatic rings. The molecule has 0 bridgehead atoms. The first-order valence-corrected chi connectivity index (χ1v) is 14.5. The molecule has 0 heterocycles. The van der Waals surface area contributed by atoms with Crippen LogP contribution in [0.15, 0.2) is 71.6 Å². The second-order valence-electron chi connectivity index (χ2n) is 8.74. The molecule has 208 valence electrons. The molecule has 39 heavy (non-hydrogen) atoms. The van der Waals surface area contributed by atoms with Gasteiger partial charge >= 0.3 is 0 Å². The van der Waals surface area contributed by atoms with Crippen molar-refractivity contribution in [2.45, 2.75) is 38.3 Å². The average Bonchev–Trinajstić information content (AvgIpc) is 2.91. The number of anilines is 1. The van der Waals surface area contributed by atoms with Crippen LogP contribution in [0.2, 0.25) is 10.0 Å². The molecule has 0 aliphatic heterocycles. The fourth-order valence-corrected chi connectivity index (χ4v) is 5.88. The second kappa shape index (κ2) is 13.2. The fourth-order valence-electron chi connectivity index (χ4n) is 3.94. The summed E-state index contributed by atoms with van der Waals surface area (Å²) in [5, 5.41) is 3.17. The van der Waals surface area contributed by atoms with Crippen molar-refractivity contribution < 1.29 is 22.7 Å². The van der Waals surface area contributed by atoms with Crippen molar-refractivity contribution in [2.75, 3.05) is 24.5 Å². The van der Waals surface area contributed by atoms with Gasteiger partial charge in [-0.3, -0.25) is 13.9 Å². The molecule has 1 atom stereocenters. The first-order chi connectivity index (χ1) is 18.5. The van der Waals surface area contributed by atoms with Crippen LogP contribution in [0.25, 0.3) is 0 Å². The van der Waals surface area contributed by atoms with E-state index < -0.39 is 34.4 Å². The van der Waals surface area contributed by atoms with Crippen LogP contribution < -0.4 is 14.4 Å². The number of likely N-dealkylation sites (N-methyl/N-ethyl adjacent to an activating group) is 1. The van der Waals surface area contributed by atoms with Gasteiger partial charge in [-0.05, 0) is 57.2 Å². The van der Waals surface area contributed by atoms with Crippen LogP contribution in [0.5, 0.6) is 5.75 Å². The molecule has 0 saturated heterocycles. The van der Waals surface area contributed by atoms with Gasteiger partial charge in [0.2, 0.25) is 11.8 Å². The lowest BCUT2D eigenvalue weighted by Gasteiger charge is -2.32. The number of hydrogen-bond acceptors (Lipinski definition) is 5. The number of benzene rings is 3. The molecule has 1 N–H and O–H groups in total. The molecular weight excluding hydrogens is 561 g/mol. The molecular formula is C28H31Cl2N3O5S. The molecule has 3 rings (SSSR count). The van der Waals surface area contributed by atoms with Gasteiger partial charge in [-0.2, -0.15) is 0 Å². The van der Waals surface area contributed by atoms with E-state index in [1.165, 1.54) is 24.1 Å². The Morgan fingerprint density at radius 2 is 1.59 bits per heavy atom. The number of ether oxygens (including phenoxy) is 1. The highest BCUT2D eigenvalue weighted by Crippen LogP contribution is 2.33. The van der Waals surface area contributed by atoms with Gasteiger partial charge in [0.05, 0.1) is 17.2 Å². The topological polar surface area (TPSA) is 96.0 Å². The van der Waals surface area contributed by atoms with Crippen molar-refractivity contribution in [3.63, 3.8) is 0 Å². The van der Waals surface area contributed by atoms with Gasteiger partial charge in [-0.15, -0.1) is 0 Å². The lowest BCUT2D eigenvalue weighted by atomic mass is 10.1. The van der Waals surface area contributed by atoms with E-state index in [1.54, 1.807) is 68.4 Å². The smallest absolute Gasteiger partial charge is 0.264 e. The Labute approximate surface area is 239 Å². The molecule has 2 amide bonds. The van der Waals surface area contributed by atoms with E-state index in [0.717, 1.165) is 9.87 Å². The van der Waals surface area contributed by atoms with Gasteiger partial charge in [-0.1, -0.05) is 59.1 Å². The zero-order valence-corrected chi connectivity index (χ0v) is 24.5. The van der Waals surface area contributed by atoms with Crippen molar-refractivity contribution in [3.05, 3.63) is 87.9 Å². The quantitative estimate of drug-likeness (QED) is 0.336. The van der Waals surface area contributed by atoms with E-state index in [1.807, 2.05) is 6.92 Å². The number of sulfonamides is 1. The Morgan fingerprint density at radius 1 is 0.974 bits per heavy atom. The molecule has 0 aliphatic carbocycles. The van der Waals surface area contributed by atoms with Crippen LogP contribution >= 0.6 is 23.2 Å². The maximum Gasteiger partial charge on any atom is 0.264 e. The summed E-state index contributed by atoms with van der Waals surface area (Å²) >= 11 is 12.7. The van der Waals surface area contributed by atoms with Crippen LogP contribution in [0.3, 0.4) is 0 Å². The summed E-state index contributed by atoms with van der Waals surface area (Å²) < 4.78 is 34.6. The molecule has 0 spiro atoms. The van der Waals surface area contributed by atoms with E-state index in [4.69, 9.17) is 27.9 Å². The number of halogens is 2. The molecule has 3 aromatic carbocycles. The number of para-hydroxylation sites is 2. The monoisotopic (exact) mass is 591 g/mol. The highest BCUT2D eigenvalue weighted by Gasteiger charge is 2.34. The third-order valence-corrected chi connectivity index (χ3v) is 8.61. The maximum atomic E-state index is 14.0. The fraction of sp³-hybridized carbons (Fsp3) is 0.286. The van der Waals surface area contributed by atoms with Crippen molar-refractivity contribution in [1.29, 1.82) is 0 Å². The van der Waals surface area contributed by atoms with E-state index in [2.05, 4.69) is 5.32 Å². The summed E-state index contributed by atoms with van der Waals surface area (Å²) in [5.74, 6) is -0.776. The van der Waals surface area contributed by atoms with Gasteiger partial charge in [0, 0.05) is 29.2 Å². The van der Waals surface area contributed by atoms with E-state index in [9.17, 15) is 18.0 Å². The molecule has 0 saturated carbocycles. The van der Waals surface area contributed by atoms with Crippen LogP contribution in [-0.2, 0) is 26.2 Å². The summed E-state index contributed by atoms with van der Waals surface area (Å²) in [6.07, 6.45) is 0. The van der Waals surface area contributed by atoms with Gasteiger partial charge in [0.15, 0.2) is 0 Å². The molecule has 0 radical (unpaired) electrons. The Morgan fingerprint density at radius 3 is 2.18 bits per heavy atom. The lowest BCUT2D eigenvalue weighted by Crippen LogP contribution is -2.50. The zero-order valence-electron chi connectivity index (χ0n) is 22.1. The second-order valence-corrected chi connectivity index (χ2v) is 11.4. The Balaban J connectivity index is 2.12. The highest BCUT2D eigenvalue weighted by atomic mass is 35.5. The van der Waals surface area contributed by atoms with E-state index in [-0.39, 0.29) is 23.7 Å². The minimum absolute atomic E-state index is 0.00671. The van der Waals surface area contributed by atoms with E-state index >= 15 is 0 Å². The molecule has 0 fully saturated rings. The number of hydrogen-bond donors (Lipinski definition) is 1. The predicted molar refractivity (Wildman–Crippen MR) is 154 cm³/mol. The molecule has 3 aromatic rings. The molecule has 0 unspecified atom stereocenters. The SMILES string of the molecule is CCOc1ccccc1N(CC(=O)N(Cc1c(Cl)cccc1Cl)[C@H](C)C(=O)NC)S(=O)(=O)c1ccc(C)cc1. The number of carbonyl (C=O) groups excluding carboxylic acids is 2. The normalized spacial score (nSPS) is 11.9. The highest BCUT2D eigenvalue weighted by molar-refractivity contribution is 7.92. The van der Waals surface area contributed by atoms with E-state index in [0.29, 0.717) is 21.4 Å². The minimum Gasteiger partial charge on any atom is -0.492 e. The van der Waals surface area contributed by atoms with Crippen LogP contribution in [0.4, 0.5) is 5.69 Å². The van der Waals surface area contributed by atoms with Crippen LogP contribution in [0, 0.1) is 6.92 Å². The number of carbonyl (C=O) groups is 2. The third-order valence-electron chi connectivity index (χ3n) is 6.13. The Bertz CT molecular complexity index is 1410. The first kappa shape index (κ1) is 30.3. The Hall–Kier alpha value is -3.27. The number of nitrogens with one attached hydrogen (secondary N) is 1. The van der Waals surface area contributed by atoms with Gasteiger partial charge in [0.25, 0.3) is 10.0 Å². The standard InChI is InChI=1S/C28H31Cl2N3O5S/c1-5-38-26-12-7-6-11-25(26)33(39(36,37)21-15-13-19(2)14-16-21)18-27(34)32(20(3)28(35)31-4)17-22-23(29)9-8-10-24(22)30/h6-16,20H,5,17-18H2,1-4H3,(H,31,35)/t20-/m1/s1. The van der Waals surface area contributed by atoms with Gasteiger partial charge in [0.1, 0.15) is 18.3 Å². The average molecular weight is 593 g/mol. The van der Waals surface area contributed by atoms with Crippen LogP contribution in [0.1, 0.15) is 25.0 Å². The van der Waals surface area contributed by atoms with Crippen molar-refractivity contribution in [2.24, 2.45) is 0 Å². The summed E-state index contributed by atoms with van der Waals surface area (Å²) in [4.78, 5) is 27.8. The molecule has 8 nitrogen and oxygen atoms in total. The maximum absolute atomic E-state index is 14.0. The van der Waals surface area contributed by atoms with Crippen molar-refractivity contribution in [1.82, 2.24) is 10.2 Å². The minimum atomic E-state index is -4.23. The molecule has 11 heteroatoms. The third kappa shape index (κ3) is 7.03. The van der Waals surface area contributed by atoms with Gasteiger partial charge < -0.3 is 15.0 Å². The number of aryl methyl sites for hydroxylation is 1. The summed E-state index contributed by atoms with van der Waals surface area (Å²) in [6.45, 7) is 4.74. The summed E-state index contributed by atoms with van der Waals surface area (Å²) in [5.41, 5.74) is 1.51. The largest absolute Gasteiger partial charge is 0.492 e. The summed E-state index contributed by atoms with van der Waals surface area (Å²) in [7, 11) is -2.77. The number of nitrogens with zero attached hydrogens (tertiary/aromatic N) is 2. The number of amides is 2. The van der Waals surface area contributed by atoms with Crippen molar-refractivity contribution in [3.8, 4) is 5.75 Å². The van der Waals surface area contributed by atoms with Crippen LogP contribution in [-0.4, -0.2) is 51.4 Å². The zero-order chi connectivity index (χ0) is 28.7. The summed E-state index contributed by atoms with van der Waals surface area (Å²) in [6, 6.07) is 16.9. The molecule has 0 aromatic heterocycles. The first-order valence-electron chi connectivity index (χ1n) is 12.3. The predicted octanol–water partition coefficient (Wildman–Crippen LogP) is 5.06. The van der Waals surface area contributed by atoms with Gasteiger partial charge in [-0.25, -0.2) is 8.42 Å². The lowest BCUT2D eigenvalue weighted by molar-refractivity contribution is -0.139. The Kier molecular flexibility index (Phi) is 10.2. The number of rotatable bonds is 11. The van der Waals surface area contributed by atoms with Crippen molar-refractivity contribution >= 4 is 50.7 Å².